The molecular weight excluding hydrogens is 424 g/mol. The maximum atomic E-state index is 12.6. The molecule has 1 saturated heterocycles. The van der Waals surface area contributed by atoms with Crippen molar-refractivity contribution in [3.05, 3.63) is 72.3 Å². The van der Waals surface area contributed by atoms with Gasteiger partial charge in [-0.25, -0.2) is 9.59 Å². The van der Waals surface area contributed by atoms with Crippen LogP contribution in [-0.2, 0) is 19.1 Å². The lowest BCUT2D eigenvalue weighted by molar-refractivity contribution is -0.143. The minimum atomic E-state index is -1.16. The third-order valence-electron chi connectivity index (χ3n) is 6.01. The second kappa shape index (κ2) is 9.87. The summed E-state index contributed by atoms with van der Waals surface area (Å²) in [7, 11) is 0. The Bertz CT molecular complexity index is 1020. The number of carbonyl (C=O) groups excluding carboxylic acids is 2. The van der Waals surface area contributed by atoms with Gasteiger partial charge in [0, 0.05) is 12.5 Å². The Hall–Kier alpha value is -3.65. The van der Waals surface area contributed by atoms with E-state index < -0.39 is 36.2 Å². The molecule has 8 heteroatoms. The monoisotopic (exact) mass is 450 g/mol. The second-order valence-corrected chi connectivity index (χ2v) is 8.08. The van der Waals surface area contributed by atoms with Gasteiger partial charge in [-0.05, 0) is 35.1 Å². The Balaban J connectivity index is 1.37. The molecule has 1 heterocycles. The van der Waals surface area contributed by atoms with Crippen molar-refractivity contribution in [2.75, 3.05) is 13.2 Å². The predicted molar refractivity (Wildman–Crippen MR) is 121 cm³/mol. The van der Waals surface area contributed by atoms with Gasteiger partial charge in [0.15, 0.2) is 6.10 Å². The Morgan fingerprint density at radius 2 is 1.76 bits per heavy atom. The normalized spacial score (nSPS) is 19.8. The topological polar surface area (TPSA) is 114 Å². The number of nitrogens with one attached hydrogen (secondary N) is 2. The lowest BCUT2D eigenvalue weighted by atomic mass is 9.98. The lowest BCUT2D eigenvalue weighted by Crippen LogP contribution is -2.52. The van der Waals surface area contributed by atoms with E-state index in [-0.39, 0.29) is 25.6 Å². The number of hydrogen-bond acceptors (Lipinski definition) is 5. The van der Waals surface area contributed by atoms with E-state index in [0.29, 0.717) is 6.42 Å². The molecule has 2 aromatic rings. The summed E-state index contributed by atoms with van der Waals surface area (Å²) < 4.78 is 11.0. The van der Waals surface area contributed by atoms with Gasteiger partial charge < -0.3 is 25.2 Å². The van der Waals surface area contributed by atoms with E-state index in [4.69, 9.17) is 9.47 Å². The summed E-state index contributed by atoms with van der Waals surface area (Å²) in [4.78, 5) is 36.4. The molecule has 3 N–H and O–H groups in total. The SMILES string of the molecule is C=CCC(NC(=O)C1OCCC1NC(=O)OCC1c2ccccc2-c2ccccc21)C(=O)O. The molecule has 2 amide bonds. The molecule has 0 saturated carbocycles. The largest absolute Gasteiger partial charge is 0.480 e. The molecule has 2 aliphatic rings. The first kappa shape index (κ1) is 22.5. The van der Waals surface area contributed by atoms with Crippen LogP contribution in [0.5, 0.6) is 0 Å². The number of benzene rings is 2. The Morgan fingerprint density at radius 1 is 1.12 bits per heavy atom. The number of alkyl carbamates (subject to hydrolysis) is 1. The first-order chi connectivity index (χ1) is 16.0. The minimum absolute atomic E-state index is 0.0719. The van der Waals surface area contributed by atoms with E-state index in [1.54, 1.807) is 0 Å². The van der Waals surface area contributed by atoms with Crippen LogP contribution in [0, 0.1) is 0 Å². The molecule has 0 aromatic heterocycles. The standard InChI is InChI=1S/C25H26N2O6/c1-2-7-21(24(29)30)26-23(28)22-20(12-13-32-22)27-25(31)33-14-19-17-10-5-3-8-15(17)16-9-4-6-11-18(16)19/h2-6,8-11,19-22H,1,7,12-14H2,(H,26,28)(H,27,31)(H,29,30). The fourth-order valence-corrected chi connectivity index (χ4v) is 4.43. The highest BCUT2D eigenvalue weighted by Crippen LogP contribution is 2.44. The van der Waals surface area contributed by atoms with E-state index >= 15 is 0 Å². The number of ether oxygens (including phenoxy) is 2. The van der Waals surface area contributed by atoms with Crippen molar-refractivity contribution >= 4 is 18.0 Å². The molecule has 2 aromatic carbocycles. The summed E-state index contributed by atoms with van der Waals surface area (Å²) >= 11 is 0. The smallest absolute Gasteiger partial charge is 0.407 e. The van der Waals surface area contributed by atoms with Gasteiger partial charge in [-0.2, -0.15) is 0 Å². The van der Waals surface area contributed by atoms with Crippen molar-refractivity contribution in [3.8, 4) is 11.1 Å². The molecule has 172 valence electrons. The van der Waals surface area contributed by atoms with E-state index in [9.17, 15) is 19.5 Å². The van der Waals surface area contributed by atoms with Gasteiger partial charge in [0.2, 0.25) is 0 Å². The van der Waals surface area contributed by atoms with Gasteiger partial charge in [-0.15, -0.1) is 6.58 Å². The zero-order valence-corrected chi connectivity index (χ0v) is 18.0. The van der Waals surface area contributed by atoms with Crippen molar-refractivity contribution in [1.82, 2.24) is 10.6 Å². The van der Waals surface area contributed by atoms with Crippen LogP contribution in [0.2, 0.25) is 0 Å². The summed E-state index contributed by atoms with van der Waals surface area (Å²) in [6.07, 6.45) is 0.281. The Labute approximate surface area is 191 Å². The van der Waals surface area contributed by atoms with Crippen LogP contribution in [0.4, 0.5) is 4.79 Å². The average Bonchev–Trinajstić information content (AvgIpc) is 3.40. The minimum Gasteiger partial charge on any atom is -0.480 e. The molecule has 1 aliphatic heterocycles. The summed E-state index contributed by atoms with van der Waals surface area (Å²) in [5.74, 6) is -1.83. The van der Waals surface area contributed by atoms with Crippen LogP contribution in [-0.4, -0.2) is 54.5 Å². The summed E-state index contributed by atoms with van der Waals surface area (Å²) in [6.45, 7) is 3.93. The van der Waals surface area contributed by atoms with Crippen molar-refractivity contribution < 1.29 is 29.0 Å². The number of rotatable bonds is 8. The molecule has 1 aliphatic carbocycles. The van der Waals surface area contributed by atoms with E-state index in [1.165, 1.54) is 6.08 Å². The number of fused-ring (bicyclic) bond motifs is 3. The molecule has 0 spiro atoms. The second-order valence-electron chi connectivity index (χ2n) is 8.08. The molecule has 0 bridgehead atoms. The maximum absolute atomic E-state index is 12.6. The van der Waals surface area contributed by atoms with Crippen molar-refractivity contribution in [2.24, 2.45) is 0 Å². The molecule has 33 heavy (non-hydrogen) atoms. The average molecular weight is 450 g/mol. The van der Waals surface area contributed by atoms with Gasteiger partial charge >= 0.3 is 12.1 Å². The van der Waals surface area contributed by atoms with Crippen LogP contribution in [0.25, 0.3) is 11.1 Å². The number of amides is 2. The van der Waals surface area contributed by atoms with Gasteiger partial charge in [0.05, 0.1) is 6.04 Å². The number of carbonyl (C=O) groups is 3. The fraction of sp³-hybridized carbons (Fsp3) is 0.320. The van der Waals surface area contributed by atoms with Gasteiger partial charge in [-0.1, -0.05) is 54.6 Å². The molecule has 3 atom stereocenters. The predicted octanol–water partition coefficient (Wildman–Crippen LogP) is 2.83. The number of hydrogen-bond donors (Lipinski definition) is 3. The van der Waals surface area contributed by atoms with Gasteiger partial charge in [0.25, 0.3) is 5.91 Å². The summed E-state index contributed by atoms with van der Waals surface area (Å²) in [5, 5.41) is 14.4. The van der Waals surface area contributed by atoms with Crippen LogP contribution in [0.1, 0.15) is 29.9 Å². The van der Waals surface area contributed by atoms with Crippen LogP contribution in [0.3, 0.4) is 0 Å². The highest BCUT2D eigenvalue weighted by atomic mass is 16.6. The van der Waals surface area contributed by atoms with Gasteiger partial charge in [-0.3, -0.25) is 4.79 Å². The third kappa shape index (κ3) is 4.75. The first-order valence-corrected chi connectivity index (χ1v) is 10.9. The highest BCUT2D eigenvalue weighted by molar-refractivity contribution is 5.87. The summed E-state index contributed by atoms with van der Waals surface area (Å²) in [5.41, 5.74) is 4.48. The fourth-order valence-electron chi connectivity index (χ4n) is 4.43. The molecule has 4 rings (SSSR count). The van der Waals surface area contributed by atoms with Gasteiger partial charge in [0.1, 0.15) is 12.6 Å². The van der Waals surface area contributed by atoms with Crippen molar-refractivity contribution in [2.45, 2.75) is 36.9 Å². The lowest BCUT2D eigenvalue weighted by Gasteiger charge is -2.22. The zero-order valence-electron chi connectivity index (χ0n) is 18.0. The third-order valence-corrected chi connectivity index (χ3v) is 6.01. The van der Waals surface area contributed by atoms with E-state index in [0.717, 1.165) is 22.3 Å². The highest BCUT2D eigenvalue weighted by Gasteiger charge is 2.37. The maximum Gasteiger partial charge on any atom is 0.407 e. The van der Waals surface area contributed by atoms with Crippen molar-refractivity contribution in [1.29, 1.82) is 0 Å². The zero-order chi connectivity index (χ0) is 23.4. The molecule has 0 radical (unpaired) electrons. The Kier molecular flexibility index (Phi) is 6.74. The van der Waals surface area contributed by atoms with E-state index in [2.05, 4.69) is 29.3 Å². The molecule has 8 nitrogen and oxygen atoms in total. The number of carboxylic acids is 1. The van der Waals surface area contributed by atoms with E-state index in [1.807, 2.05) is 36.4 Å². The quantitative estimate of drug-likeness (QED) is 0.533. The molecular formula is C25H26N2O6. The first-order valence-electron chi connectivity index (χ1n) is 10.9. The van der Waals surface area contributed by atoms with Crippen LogP contribution >= 0.6 is 0 Å². The summed E-state index contributed by atoms with van der Waals surface area (Å²) in [6, 6.07) is 14.4. The van der Waals surface area contributed by atoms with Crippen LogP contribution < -0.4 is 10.6 Å². The van der Waals surface area contributed by atoms with Crippen LogP contribution in [0.15, 0.2) is 61.2 Å². The molecule has 1 fully saturated rings. The number of carboxylic acid groups (broad SMARTS) is 1. The van der Waals surface area contributed by atoms with Crippen molar-refractivity contribution in [3.63, 3.8) is 0 Å². The number of aliphatic carboxylic acids is 1. The molecule has 3 unspecified atom stereocenters. The Morgan fingerprint density at radius 3 is 2.36 bits per heavy atom.